The number of carbonyl (C=O) groups is 1. The monoisotopic (exact) mass is 391 g/mol. The third-order valence-electron chi connectivity index (χ3n) is 2.29. The first-order chi connectivity index (χ1) is 9.01. The fourth-order valence-electron chi connectivity index (χ4n) is 1.44. The molecule has 1 aromatic carbocycles. The molecule has 0 aliphatic heterocycles. The van der Waals surface area contributed by atoms with E-state index in [0.717, 1.165) is 25.9 Å². The van der Waals surface area contributed by atoms with Gasteiger partial charge in [-0.25, -0.2) is 4.39 Å². The van der Waals surface area contributed by atoms with Crippen LogP contribution in [0.4, 0.5) is 4.39 Å². The molecule has 0 radical (unpaired) electrons. The second-order valence-corrected chi connectivity index (χ2v) is 5.18. The van der Waals surface area contributed by atoms with Crippen molar-refractivity contribution >= 4 is 38.3 Å². The van der Waals surface area contributed by atoms with Crippen LogP contribution in [0.25, 0.3) is 11.1 Å². The number of hydrogen-bond acceptors (Lipinski definition) is 2. The smallest absolute Gasteiger partial charge is 0.292 e. The van der Waals surface area contributed by atoms with Crippen LogP contribution in [0.5, 0.6) is 0 Å². The van der Waals surface area contributed by atoms with Crippen LogP contribution in [-0.4, -0.2) is 18.6 Å². The van der Waals surface area contributed by atoms with Crippen molar-refractivity contribution in [3.63, 3.8) is 0 Å². The van der Waals surface area contributed by atoms with Gasteiger partial charge < -0.3 is 9.72 Å². The van der Waals surface area contributed by atoms with Gasteiger partial charge in [0.15, 0.2) is 0 Å². The highest BCUT2D eigenvalue weighted by molar-refractivity contribution is 9.11. The van der Waals surface area contributed by atoms with E-state index in [4.69, 9.17) is 4.79 Å². The number of halogens is 3. The zero-order valence-electron chi connectivity index (χ0n) is 10.3. The third-order valence-corrected chi connectivity index (χ3v) is 3.88. The molecule has 1 aromatic heterocycles. The van der Waals surface area contributed by atoms with Gasteiger partial charge in [-0.15, -0.1) is 0 Å². The number of ether oxygens (including phenoxy) is 1. The lowest BCUT2D eigenvalue weighted by Gasteiger charge is -2.00. The predicted octanol–water partition coefficient (Wildman–Crippen LogP) is 4.44. The normalized spacial score (nSPS) is 9.53. The average Bonchev–Trinajstić information content (AvgIpc) is 2.65. The lowest BCUT2D eigenvalue weighted by molar-refractivity contribution is -0.126. The summed E-state index contributed by atoms with van der Waals surface area (Å²) in [6.07, 6.45) is 0. The maximum absolute atomic E-state index is 12.8. The second kappa shape index (κ2) is 7.45. The van der Waals surface area contributed by atoms with E-state index in [-0.39, 0.29) is 5.82 Å². The summed E-state index contributed by atoms with van der Waals surface area (Å²) < 4.78 is 18.5. The second-order valence-electron chi connectivity index (χ2n) is 3.59. The summed E-state index contributed by atoms with van der Waals surface area (Å²) in [4.78, 5) is 12.1. The van der Waals surface area contributed by atoms with Gasteiger partial charge in [0.1, 0.15) is 5.82 Å². The highest BCUT2D eigenvalue weighted by atomic mass is 79.9. The van der Waals surface area contributed by atoms with E-state index >= 15 is 0 Å². The van der Waals surface area contributed by atoms with Crippen molar-refractivity contribution in [3.05, 3.63) is 44.9 Å². The van der Waals surface area contributed by atoms with E-state index in [9.17, 15) is 4.39 Å². The molecule has 1 heterocycles. The highest BCUT2D eigenvalue weighted by Crippen LogP contribution is 2.37. The minimum Gasteiger partial charge on any atom is -0.471 e. The lowest BCUT2D eigenvalue weighted by atomic mass is 10.1. The minimum atomic E-state index is -0.224. The molecule has 0 unspecified atom stereocenters. The van der Waals surface area contributed by atoms with Crippen LogP contribution in [0, 0.1) is 12.7 Å². The first-order valence-corrected chi connectivity index (χ1v) is 6.85. The molecule has 2 rings (SSSR count). The number of aromatic amines is 1. The Kier molecular flexibility index (Phi) is 6.24. The Morgan fingerprint density at radius 2 is 1.79 bits per heavy atom. The van der Waals surface area contributed by atoms with E-state index in [0.29, 0.717) is 6.47 Å². The molecular weight excluding hydrogens is 381 g/mol. The number of H-pyrrole nitrogens is 1. The van der Waals surface area contributed by atoms with Gasteiger partial charge in [0.25, 0.3) is 6.47 Å². The molecule has 0 fully saturated rings. The average molecular weight is 393 g/mol. The summed E-state index contributed by atoms with van der Waals surface area (Å²) in [5, 5.41) is 0. The fourth-order valence-corrected chi connectivity index (χ4v) is 2.95. The largest absolute Gasteiger partial charge is 0.471 e. The summed E-state index contributed by atoms with van der Waals surface area (Å²) in [6, 6.07) is 6.42. The number of methoxy groups -OCH3 is 1. The maximum Gasteiger partial charge on any atom is 0.292 e. The summed E-state index contributed by atoms with van der Waals surface area (Å²) >= 11 is 6.95. The van der Waals surface area contributed by atoms with E-state index in [1.54, 1.807) is 12.1 Å². The van der Waals surface area contributed by atoms with Crippen LogP contribution in [0.2, 0.25) is 0 Å². The van der Waals surface area contributed by atoms with Gasteiger partial charge in [0.2, 0.25) is 0 Å². The summed E-state index contributed by atoms with van der Waals surface area (Å²) in [7, 11) is 1.31. The zero-order chi connectivity index (χ0) is 14.4. The summed E-state index contributed by atoms with van der Waals surface area (Å²) in [5.74, 6) is -0.224. The number of carbonyl (C=O) groups excluding carboxylic acids is 1. The number of aromatic nitrogens is 1. The molecule has 19 heavy (non-hydrogen) atoms. The van der Waals surface area contributed by atoms with Gasteiger partial charge >= 0.3 is 0 Å². The molecule has 102 valence electrons. The van der Waals surface area contributed by atoms with Crippen LogP contribution in [0.3, 0.4) is 0 Å². The quantitative estimate of drug-likeness (QED) is 0.767. The first kappa shape index (κ1) is 15.9. The highest BCUT2D eigenvalue weighted by Gasteiger charge is 2.12. The Balaban J connectivity index is 0.000000399. The summed E-state index contributed by atoms with van der Waals surface area (Å²) in [6.45, 7) is 2.35. The van der Waals surface area contributed by atoms with Gasteiger partial charge in [-0.05, 0) is 56.5 Å². The molecule has 0 saturated carbocycles. The molecule has 6 heteroatoms. The number of hydrogen-bond donors (Lipinski definition) is 1. The number of rotatable bonds is 2. The Labute approximate surface area is 127 Å². The minimum absolute atomic E-state index is 0.224. The predicted molar refractivity (Wildman–Crippen MR) is 79.4 cm³/mol. The van der Waals surface area contributed by atoms with Crippen LogP contribution < -0.4 is 0 Å². The molecular formula is C13H12Br2FNO2. The van der Waals surface area contributed by atoms with Crippen LogP contribution in [0.15, 0.2) is 33.3 Å². The third kappa shape index (κ3) is 4.18. The number of benzene rings is 1. The molecule has 0 atom stereocenters. The van der Waals surface area contributed by atoms with E-state index in [1.807, 2.05) is 6.92 Å². The molecule has 0 bridgehead atoms. The molecule has 1 N–H and O–H groups in total. The standard InChI is InChI=1S/C11H8Br2FN.C2H4O2/c1-6-10(12)9(11(13)15-6)7-2-4-8(14)5-3-7;1-4-2-3/h2-5,15H,1H3;2H,1H3. The van der Waals surface area contributed by atoms with Gasteiger partial charge in [-0.3, -0.25) is 4.79 Å². The van der Waals surface area contributed by atoms with Crippen molar-refractivity contribution in [1.82, 2.24) is 4.98 Å². The van der Waals surface area contributed by atoms with Gasteiger partial charge in [0, 0.05) is 15.7 Å². The van der Waals surface area contributed by atoms with E-state index < -0.39 is 0 Å². The SMILES string of the molecule is COC=O.Cc1[nH]c(Br)c(-c2ccc(F)cc2)c1Br. The van der Waals surface area contributed by atoms with Gasteiger partial charge in [-0.2, -0.15) is 0 Å². The molecule has 0 amide bonds. The van der Waals surface area contributed by atoms with Crippen LogP contribution in [-0.2, 0) is 9.53 Å². The number of aryl methyl sites for hydroxylation is 1. The molecule has 0 aliphatic carbocycles. The molecule has 0 aliphatic rings. The van der Waals surface area contributed by atoms with Crippen molar-refractivity contribution < 1.29 is 13.9 Å². The van der Waals surface area contributed by atoms with E-state index in [2.05, 4.69) is 41.6 Å². The molecule has 0 spiro atoms. The van der Waals surface area contributed by atoms with Crippen molar-refractivity contribution in [2.24, 2.45) is 0 Å². The van der Waals surface area contributed by atoms with Crippen LogP contribution in [0.1, 0.15) is 5.69 Å². The molecule has 2 aromatic rings. The Bertz CT molecular complexity index is 553. The topological polar surface area (TPSA) is 42.1 Å². The van der Waals surface area contributed by atoms with Crippen molar-refractivity contribution in [2.45, 2.75) is 6.92 Å². The Morgan fingerprint density at radius 3 is 2.16 bits per heavy atom. The fraction of sp³-hybridized carbons (Fsp3) is 0.154. The van der Waals surface area contributed by atoms with Gasteiger partial charge in [0.05, 0.1) is 11.7 Å². The Hall–Kier alpha value is -1.14. The van der Waals surface area contributed by atoms with Crippen LogP contribution >= 0.6 is 31.9 Å². The van der Waals surface area contributed by atoms with Gasteiger partial charge in [-0.1, -0.05) is 12.1 Å². The first-order valence-electron chi connectivity index (χ1n) is 5.27. The Morgan fingerprint density at radius 1 is 1.26 bits per heavy atom. The van der Waals surface area contributed by atoms with Crippen molar-refractivity contribution in [1.29, 1.82) is 0 Å². The molecule has 0 saturated heterocycles. The number of nitrogens with one attached hydrogen (secondary N) is 1. The van der Waals surface area contributed by atoms with E-state index in [1.165, 1.54) is 19.2 Å². The summed E-state index contributed by atoms with van der Waals surface area (Å²) in [5.41, 5.74) is 3.04. The van der Waals surface area contributed by atoms with Crippen molar-refractivity contribution in [3.8, 4) is 11.1 Å². The lowest BCUT2D eigenvalue weighted by Crippen LogP contribution is -1.78. The van der Waals surface area contributed by atoms with Crippen molar-refractivity contribution in [2.75, 3.05) is 7.11 Å². The maximum atomic E-state index is 12.8. The zero-order valence-corrected chi connectivity index (χ0v) is 13.5. The molecule has 3 nitrogen and oxygen atoms in total.